The molecule has 0 N–H and O–H groups in total. The largest absolute Gasteiger partial charge is 0.466 e. The molecule has 0 radical (unpaired) electrons. The standard InChI is InChI=1S/C13H23NO3/c1-4-17-13(16)7-12(15)9-14(8-10(2)3)11-5-6-11/h10-11H,4-9H2,1-3H3. The average Bonchev–Trinajstić information content (AvgIpc) is 2.98. The molecule has 0 aliphatic heterocycles. The average molecular weight is 241 g/mol. The third-order valence-corrected chi connectivity index (χ3v) is 2.69. The van der Waals surface area contributed by atoms with Crippen molar-refractivity contribution in [3.05, 3.63) is 0 Å². The van der Waals surface area contributed by atoms with Gasteiger partial charge in [-0.25, -0.2) is 0 Å². The second kappa shape index (κ2) is 6.74. The summed E-state index contributed by atoms with van der Waals surface area (Å²) >= 11 is 0. The van der Waals surface area contributed by atoms with E-state index in [1.54, 1.807) is 6.92 Å². The van der Waals surface area contributed by atoms with E-state index in [0.29, 0.717) is 25.1 Å². The van der Waals surface area contributed by atoms with Crippen LogP contribution in [0.15, 0.2) is 0 Å². The summed E-state index contributed by atoms with van der Waals surface area (Å²) in [6.07, 6.45) is 2.27. The van der Waals surface area contributed by atoms with E-state index in [1.807, 2.05) is 0 Å². The molecule has 17 heavy (non-hydrogen) atoms. The SMILES string of the molecule is CCOC(=O)CC(=O)CN(CC(C)C)C1CC1. The van der Waals surface area contributed by atoms with Crippen LogP contribution < -0.4 is 0 Å². The Morgan fingerprint density at radius 3 is 2.47 bits per heavy atom. The maximum atomic E-state index is 11.7. The maximum Gasteiger partial charge on any atom is 0.313 e. The van der Waals surface area contributed by atoms with Gasteiger partial charge in [-0.05, 0) is 25.7 Å². The Kier molecular flexibility index (Phi) is 5.62. The Morgan fingerprint density at radius 2 is 2.00 bits per heavy atom. The second-order valence-electron chi connectivity index (χ2n) is 5.07. The zero-order valence-electron chi connectivity index (χ0n) is 11.1. The molecule has 4 nitrogen and oxygen atoms in total. The van der Waals surface area contributed by atoms with Gasteiger partial charge in [0.2, 0.25) is 0 Å². The first-order valence-electron chi connectivity index (χ1n) is 6.44. The van der Waals surface area contributed by atoms with Gasteiger partial charge < -0.3 is 4.74 Å². The number of Topliss-reactive ketones (excluding diaryl/α,β-unsaturated/α-hetero) is 1. The fourth-order valence-corrected chi connectivity index (χ4v) is 1.91. The molecule has 1 saturated carbocycles. The van der Waals surface area contributed by atoms with Crippen LogP contribution in [0.25, 0.3) is 0 Å². The molecule has 0 spiro atoms. The summed E-state index contributed by atoms with van der Waals surface area (Å²) in [5.41, 5.74) is 0. The van der Waals surface area contributed by atoms with E-state index in [1.165, 1.54) is 12.8 Å². The molecule has 1 aliphatic carbocycles. The van der Waals surface area contributed by atoms with Crippen molar-refractivity contribution in [2.45, 2.75) is 46.1 Å². The van der Waals surface area contributed by atoms with Gasteiger partial charge in [0.1, 0.15) is 6.42 Å². The van der Waals surface area contributed by atoms with Crippen LogP contribution in [-0.4, -0.2) is 42.4 Å². The number of esters is 1. The minimum absolute atomic E-state index is 0.0315. The number of ether oxygens (including phenoxy) is 1. The van der Waals surface area contributed by atoms with Crippen molar-refractivity contribution in [3.8, 4) is 0 Å². The molecule has 0 saturated heterocycles. The lowest BCUT2D eigenvalue weighted by Gasteiger charge is -2.22. The van der Waals surface area contributed by atoms with Gasteiger partial charge in [0.25, 0.3) is 0 Å². The van der Waals surface area contributed by atoms with E-state index in [9.17, 15) is 9.59 Å². The normalized spacial score (nSPS) is 15.4. The topological polar surface area (TPSA) is 46.6 Å². The molecule has 1 rings (SSSR count). The van der Waals surface area contributed by atoms with Crippen LogP contribution in [0.5, 0.6) is 0 Å². The number of rotatable bonds is 8. The van der Waals surface area contributed by atoms with E-state index >= 15 is 0 Å². The minimum Gasteiger partial charge on any atom is -0.466 e. The van der Waals surface area contributed by atoms with Gasteiger partial charge in [-0.1, -0.05) is 13.8 Å². The molecule has 0 aromatic rings. The molecular formula is C13H23NO3. The highest BCUT2D eigenvalue weighted by Crippen LogP contribution is 2.27. The van der Waals surface area contributed by atoms with Crippen LogP contribution in [0, 0.1) is 5.92 Å². The van der Waals surface area contributed by atoms with Crippen molar-refractivity contribution in [2.24, 2.45) is 5.92 Å². The number of carbonyl (C=O) groups is 2. The van der Waals surface area contributed by atoms with E-state index in [-0.39, 0.29) is 12.2 Å². The lowest BCUT2D eigenvalue weighted by atomic mass is 10.2. The molecule has 0 bridgehead atoms. The predicted octanol–water partition coefficient (Wildman–Crippen LogP) is 1.63. The van der Waals surface area contributed by atoms with Crippen LogP contribution in [0.3, 0.4) is 0 Å². The highest BCUT2D eigenvalue weighted by molar-refractivity contribution is 5.96. The molecule has 1 fully saturated rings. The number of nitrogens with zero attached hydrogens (tertiary/aromatic N) is 1. The van der Waals surface area contributed by atoms with Crippen molar-refractivity contribution in [1.29, 1.82) is 0 Å². The maximum absolute atomic E-state index is 11.7. The Bertz CT molecular complexity index is 272. The Balaban J connectivity index is 2.33. The Labute approximate surface area is 103 Å². The third kappa shape index (κ3) is 5.82. The summed E-state index contributed by atoms with van der Waals surface area (Å²) in [6, 6.07) is 0.559. The predicted molar refractivity (Wildman–Crippen MR) is 65.7 cm³/mol. The summed E-state index contributed by atoms with van der Waals surface area (Å²) in [4.78, 5) is 25.1. The Hall–Kier alpha value is -0.900. The van der Waals surface area contributed by atoms with Gasteiger partial charge >= 0.3 is 5.97 Å². The molecule has 0 aromatic heterocycles. The Morgan fingerprint density at radius 1 is 1.35 bits per heavy atom. The van der Waals surface area contributed by atoms with Crippen molar-refractivity contribution in [2.75, 3.05) is 19.7 Å². The highest BCUT2D eigenvalue weighted by atomic mass is 16.5. The van der Waals surface area contributed by atoms with E-state index in [2.05, 4.69) is 18.7 Å². The summed E-state index contributed by atoms with van der Waals surface area (Å²) < 4.78 is 4.77. The van der Waals surface area contributed by atoms with E-state index in [4.69, 9.17) is 4.74 Å². The fraction of sp³-hybridized carbons (Fsp3) is 0.846. The number of hydrogen-bond donors (Lipinski definition) is 0. The van der Waals surface area contributed by atoms with Gasteiger partial charge in [0, 0.05) is 12.6 Å². The van der Waals surface area contributed by atoms with Gasteiger partial charge in [0.15, 0.2) is 5.78 Å². The number of hydrogen-bond acceptors (Lipinski definition) is 4. The van der Waals surface area contributed by atoms with Crippen molar-refractivity contribution >= 4 is 11.8 Å². The molecular weight excluding hydrogens is 218 g/mol. The summed E-state index contributed by atoms with van der Waals surface area (Å²) in [6.45, 7) is 7.69. The summed E-state index contributed by atoms with van der Waals surface area (Å²) in [5, 5.41) is 0. The van der Waals surface area contributed by atoms with Gasteiger partial charge in [0.05, 0.1) is 13.2 Å². The molecule has 0 atom stereocenters. The van der Waals surface area contributed by atoms with Crippen molar-refractivity contribution in [3.63, 3.8) is 0 Å². The first-order valence-corrected chi connectivity index (χ1v) is 6.44. The molecule has 98 valence electrons. The van der Waals surface area contributed by atoms with Gasteiger partial charge in [-0.2, -0.15) is 0 Å². The first-order chi connectivity index (χ1) is 8.02. The first kappa shape index (κ1) is 14.2. The minimum atomic E-state index is -0.405. The van der Waals surface area contributed by atoms with Crippen LogP contribution in [0.1, 0.15) is 40.0 Å². The number of ketones is 1. The zero-order chi connectivity index (χ0) is 12.8. The smallest absolute Gasteiger partial charge is 0.313 e. The van der Waals surface area contributed by atoms with Crippen LogP contribution >= 0.6 is 0 Å². The fourth-order valence-electron chi connectivity index (χ4n) is 1.91. The molecule has 0 unspecified atom stereocenters. The molecule has 0 aromatic carbocycles. The monoisotopic (exact) mass is 241 g/mol. The lowest BCUT2D eigenvalue weighted by Crippen LogP contribution is -2.35. The summed E-state index contributed by atoms with van der Waals surface area (Å²) in [7, 11) is 0. The van der Waals surface area contributed by atoms with Gasteiger partial charge in [-0.15, -0.1) is 0 Å². The summed E-state index contributed by atoms with van der Waals surface area (Å²) in [5.74, 6) is 0.111. The van der Waals surface area contributed by atoms with Crippen LogP contribution in [0.2, 0.25) is 0 Å². The highest BCUT2D eigenvalue weighted by Gasteiger charge is 2.30. The number of carbonyl (C=O) groups excluding carboxylic acids is 2. The molecule has 0 heterocycles. The lowest BCUT2D eigenvalue weighted by molar-refractivity contribution is -0.145. The van der Waals surface area contributed by atoms with Crippen LogP contribution in [0.4, 0.5) is 0 Å². The van der Waals surface area contributed by atoms with E-state index < -0.39 is 5.97 Å². The molecule has 1 aliphatic rings. The second-order valence-corrected chi connectivity index (χ2v) is 5.07. The van der Waals surface area contributed by atoms with Gasteiger partial charge in [-0.3, -0.25) is 14.5 Å². The van der Waals surface area contributed by atoms with Crippen molar-refractivity contribution in [1.82, 2.24) is 4.90 Å². The van der Waals surface area contributed by atoms with Crippen molar-refractivity contribution < 1.29 is 14.3 Å². The zero-order valence-corrected chi connectivity index (χ0v) is 11.1. The molecule has 0 amide bonds. The molecule has 4 heteroatoms. The van der Waals surface area contributed by atoms with Crippen LogP contribution in [-0.2, 0) is 14.3 Å². The quantitative estimate of drug-likeness (QED) is 0.478. The van der Waals surface area contributed by atoms with E-state index in [0.717, 1.165) is 6.54 Å². The third-order valence-electron chi connectivity index (χ3n) is 2.69.